The Labute approximate surface area is 153 Å². The predicted molar refractivity (Wildman–Crippen MR) is 96.4 cm³/mol. The van der Waals surface area contributed by atoms with E-state index in [1.54, 1.807) is 17.0 Å². The Morgan fingerprint density at radius 1 is 1.23 bits per heavy atom. The second-order valence-corrected chi connectivity index (χ2v) is 9.32. The topological polar surface area (TPSA) is 102 Å². The van der Waals surface area contributed by atoms with E-state index in [1.165, 1.54) is 13.2 Å². The number of hydrogen-bond acceptors (Lipinski definition) is 5. The monoisotopic (exact) mass is 379 g/mol. The van der Waals surface area contributed by atoms with Crippen molar-refractivity contribution in [1.82, 2.24) is 9.62 Å². The number of carbonyl (C=O) groups excluding carboxylic acids is 1. The highest BCUT2D eigenvalue weighted by Crippen LogP contribution is 2.38. The molecule has 1 aromatic rings. The lowest BCUT2D eigenvalue weighted by molar-refractivity contribution is 0.0779. The average molecular weight is 379 g/mol. The van der Waals surface area contributed by atoms with Gasteiger partial charge in [-0.3, -0.25) is 4.79 Å². The van der Waals surface area contributed by atoms with Crippen LogP contribution in [-0.2, 0) is 10.0 Å². The van der Waals surface area contributed by atoms with Gasteiger partial charge in [-0.1, -0.05) is 0 Å². The van der Waals surface area contributed by atoms with Gasteiger partial charge < -0.3 is 15.4 Å². The zero-order valence-electron chi connectivity index (χ0n) is 14.8. The first kappa shape index (κ1) is 17.8. The molecule has 3 atom stereocenters. The fourth-order valence-electron chi connectivity index (χ4n) is 4.16. The molecule has 2 saturated carbocycles. The molecule has 0 spiro atoms. The van der Waals surface area contributed by atoms with Crippen LogP contribution < -0.4 is 15.2 Å². The molecule has 1 aromatic carbocycles. The number of rotatable bonds is 5. The highest BCUT2D eigenvalue weighted by molar-refractivity contribution is 7.89. The fraction of sp³-hybridized carbons (Fsp3) is 0.611. The van der Waals surface area contributed by atoms with Crippen LogP contribution in [0.1, 0.15) is 36.0 Å². The summed E-state index contributed by atoms with van der Waals surface area (Å²) in [5.41, 5.74) is 6.52. The molecule has 3 unspecified atom stereocenters. The number of hydrogen-bond donors (Lipinski definition) is 2. The van der Waals surface area contributed by atoms with Crippen LogP contribution in [-0.4, -0.2) is 51.5 Å². The number of sulfonamides is 1. The number of methoxy groups -OCH3 is 1. The van der Waals surface area contributed by atoms with Crippen LogP contribution in [0.3, 0.4) is 0 Å². The molecule has 7 nitrogen and oxygen atoms in total. The Balaban J connectivity index is 1.59. The third kappa shape index (κ3) is 3.21. The third-order valence-electron chi connectivity index (χ3n) is 5.80. The Kier molecular flexibility index (Phi) is 4.45. The van der Waals surface area contributed by atoms with E-state index in [1.807, 2.05) is 0 Å². The molecule has 8 heteroatoms. The van der Waals surface area contributed by atoms with Crippen molar-refractivity contribution < 1.29 is 17.9 Å². The smallest absolute Gasteiger partial charge is 0.253 e. The fourth-order valence-corrected chi connectivity index (χ4v) is 5.66. The van der Waals surface area contributed by atoms with Gasteiger partial charge >= 0.3 is 0 Å². The number of ether oxygens (including phenoxy) is 1. The largest absolute Gasteiger partial charge is 0.495 e. The maximum atomic E-state index is 12.9. The van der Waals surface area contributed by atoms with Crippen LogP contribution in [0, 0.1) is 11.8 Å². The molecular formula is C18H25N3O4S. The summed E-state index contributed by atoms with van der Waals surface area (Å²) < 4.78 is 33.1. The normalized spacial score (nSPS) is 28.2. The number of carbonyl (C=O) groups is 1. The zero-order valence-corrected chi connectivity index (χ0v) is 15.7. The standard InChI is InChI=1S/C18H25N3O4S/c1-25-16-7-3-11(8-17(16)26(23,24)20-13-4-5-13)18(22)21-9-12-2-6-15(19)14(12)10-21/h3,7-8,12-15,20H,2,4-6,9-10,19H2,1H3. The van der Waals surface area contributed by atoms with Crippen LogP contribution in [0.4, 0.5) is 0 Å². The first-order chi connectivity index (χ1) is 12.4. The summed E-state index contributed by atoms with van der Waals surface area (Å²) in [7, 11) is -2.28. The molecule has 0 aromatic heterocycles. The highest BCUT2D eigenvalue weighted by atomic mass is 32.2. The van der Waals surface area contributed by atoms with E-state index >= 15 is 0 Å². The molecule has 2 aliphatic carbocycles. The van der Waals surface area contributed by atoms with Gasteiger partial charge in [0, 0.05) is 30.7 Å². The highest BCUT2D eigenvalue weighted by Gasteiger charge is 2.42. The van der Waals surface area contributed by atoms with Gasteiger partial charge in [-0.15, -0.1) is 0 Å². The summed E-state index contributed by atoms with van der Waals surface area (Å²) in [5.74, 6) is 0.927. The first-order valence-electron chi connectivity index (χ1n) is 9.14. The molecule has 1 amide bonds. The molecule has 1 aliphatic heterocycles. The van der Waals surface area contributed by atoms with Gasteiger partial charge in [-0.25, -0.2) is 13.1 Å². The Hall–Kier alpha value is -1.64. The molecule has 26 heavy (non-hydrogen) atoms. The van der Waals surface area contributed by atoms with E-state index in [0.29, 0.717) is 30.5 Å². The maximum absolute atomic E-state index is 12.9. The predicted octanol–water partition coefficient (Wildman–Crippen LogP) is 0.945. The number of likely N-dealkylation sites (tertiary alicyclic amines) is 1. The van der Waals surface area contributed by atoms with Gasteiger partial charge in [0.25, 0.3) is 5.91 Å². The van der Waals surface area contributed by atoms with Gasteiger partial charge in [0.15, 0.2) is 0 Å². The van der Waals surface area contributed by atoms with E-state index in [4.69, 9.17) is 10.5 Å². The van der Waals surface area contributed by atoms with Crippen molar-refractivity contribution >= 4 is 15.9 Å². The summed E-state index contributed by atoms with van der Waals surface area (Å²) in [6.45, 7) is 1.35. The molecule has 3 fully saturated rings. The summed E-state index contributed by atoms with van der Waals surface area (Å²) in [6, 6.07) is 4.76. The lowest BCUT2D eigenvalue weighted by Gasteiger charge is -2.19. The number of fused-ring (bicyclic) bond motifs is 1. The third-order valence-corrected chi connectivity index (χ3v) is 7.34. The van der Waals surface area contributed by atoms with Crippen LogP contribution in [0.15, 0.2) is 23.1 Å². The van der Waals surface area contributed by atoms with Crippen molar-refractivity contribution in [2.24, 2.45) is 17.6 Å². The molecular weight excluding hydrogens is 354 g/mol. The van der Waals surface area contributed by atoms with Crippen LogP contribution >= 0.6 is 0 Å². The molecule has 4 rings (SSSR count). The maximum Gasteiger partial charge on any atom is 0.253 e. The van der Waals surface area contributed by atoms with Gasteiger partial charge in [0.2, 0.25) is 10.0 Å². The van der Waals surface area contributed by atoms with E-state index in [9.17, 15) is 13.2 Å². The summed E-state index contributed by atoms with van der Waals surface area (Å²) >= 11 is 0. The summed E-state index contributed by atoms with van der Waals surface area (Å²) in [4.78, 5) is 14.8. The van der Waals surface area contributed by atoms with E-state index < -0.39 is 10.0 Å². The van der Waals surface area contributed by atoms with E-state index in [0.717, 1.165) is 25.7 Å². The molecule has 3 aliphatic rings. The van der Waals surface area contributed by atoms with Crippen molar-refractivity contribution in [3.63, 3.8) is 0 Å². The van der Waals surface area contributed by atoms with Crippen LogP contribution in [0.5, 0.6) is 5.75 Å². The van der Waals surface area contributed by atoms with E-state index in [2.05, 4.69) is 4.72 Å². The number of amides is 1. The Morgan fingerprint density at radius 3 is 2.65 bits per heavy atom. The number of nitrogens with zero attached hydrogens (tertiary/aromatic N) is 1. The average Bonchev–Trinajstić information content (AvgIpc) is 3.20. The minimum Gasteiger partial charge on any atom is -0.495 e. The van der Waals surface area contributed by atoms with Crippen molar-refractivity contribution in [2.75, 3.05) is 20.2 Å². The quantitative estimate of drug-likeness (QED) is 0.793. The van der Waals surface area contributed by atoms with Gasteiger partial charge in [-0.2, -0.15) is 0 Å². The SMILES string of the molecule is COc1ccc(C(=O)N2CC3CCC(N)C3C2)cc1S(=O)(=O)NC1CC1. The van der Waals surface area contributed by atoms with Crippen molar-refractivity contribution in [1.29, 1.82) is 0 Å². The lowest BCUT2D eigenvalue weighted by atomic mass is 9.98. The molecule has 0 radical (unpaired) electrons. The first-order valence-corrected chi connectivity index (χ1v) is 10.6. The van der Waals surface area contributed by atoms with Gasteiger partial charge in [0.05, 0.1) is 7.11 Å². The second kappa shape index (κ2) is 6.51. The number of nitrogens with two attached hydrogens (primary N) is 1. The van der Waals surface area contributed by atoms with Crippen LogP contribution in [0.2, 0.25) is 0 Å². The summed E-state index contributed by atoms with van der Waals surface area (Å²) in [5, 5.41) is 0. The van der Waals surface area contributed by atoms with Crippen molar-refractivity contribution in [2.45, 2.75) is 42.7 Å². The molecule has 142 valence electrons. The molecule has 1 heterocycles. The number of benzene rings is 1. The number of nitrogens with one attached hydrogen (secondary N) is 1. The van der Waals surface area contributed by atoms with Gasteiger partial charge in [-0.05, 0) is 55.7 Å². The second-order valence-electron chi connectivity index (χ2n) is 7.64. The van der Waals surface area contributed by atoms with Gasteiger partial charge in [0.1, 0.15) is 10.6 Å². The summed E-state index contributed by atoms with van der Waals surface area (Å²) in [6.07, 6.45) is 3.77. The Morgan fingerprint density at radius 2 is 2.00 bits per heavy atom. The van der Waals surface area contributed by atoms with Crippen molar-refractivity contribution in [3.8, 4) is 5.75 Å². The lowest BCUT2D eigenvalue weighted by Crippen LogP contribution is -2.33. The Bertz CT molecular complexity index is 822. The van der Waals surface area contributed by atoms with E-state index in [-0.39, 0.29) is 28.6 Å². The minimum absolute atomic E-state index is 0.0106. The molecule has 0 bridgehead atoms. The van der Waals surface area contributed by atoms with Crippen LogP contribution in [0.25, 0.3) is 0 Å². The minimum atomic E-state index is -3.71. The molecule has 3 N–H and O–H groups in total. The molecule has 1 saturated heterocycles. The zero-order chi connectivity index (χ0) is 18.5. The van der Waals surface area contributed by atoms with Crippen molar-refractivity contribution in [3.05, 3.63) is 23.8 Å².